The molecule has 0 fully saturated rings. The van der Waals surface area contributed by atoms with Crippen molar-refractivity contribution in [2.24, 2.45) is 5.14 Å². The van der Waals surface area contributed by atoms with Crippen LogP contribution in [0.15, 0.2) is 0 Å². The smallest absolute Gasteiger partial charge is 0.115 e. The number of hydrogen-bond donors (Lipinski definition) is 1. The fraction of sp³-hybridized carbons (Fsp3) is 1.00. The predicted octanol–water partition coefficient (Wildman–Crippen LogP) is 0.0863. The van der Waals surface area contributed by atoms with Crippen LogP contribution in [0.1, 0.15) is 0 Å². The van der Waals surface area contributed by atoms with Gasteiger partial charge in [-0.25, -0.2) is 4.89 Å². The Morgan fingerprint density at radius 2 is 2.40 bits per heavy atom. The second-order valence-corrected chi connectivity index (χ2v) is 0.659. The van der Waals surface area contributed by atoms with Gasteiger partial charge >= 0.3 is 0 Å². The molecule has 2 N–H and O–H groups in total. The zero-order valence-corrected chi connectivity index (χ0v) is 3.62. The number of hydrogen-bond acceptors (Lipinski definition) is 4. The van der Waals surface area contributed by atoms with Crippen LogP contribution in [0.3, 0.4) is 0 Å². The molecule has 0 rings (SSSR count). The van der Waals surface area contributed by atoms with Crippen molar-refractivity contribution >= 4 is 12.2 Å². The molecule has 0 unspecified atom stereocenters. The molecular formula is CH5NO2S. The highest BCUT2D eigenvalue weighted by Crippen LogP contribution is 1.84. The van der Waals surface area contributed by atoms with E-state index in [-0.39, 0.29) is 0 Å². The molecule has 0 saturated heterocycles. The quantitative estimate of drug-likeness (QED) is 0.228. The van der Waals surface area contributed by atoms with E-state index in [2.05, 4.69) is 9.22 Å². The highest BCUT2D eigenvalue weighted by molar-refractivity contribution is 7.92. The topological polar surface area (TPSA) is 44.5 Å². The second-order valence-electron chi connectivity index (χ2n) is 0.331. The summed E-state index contributed by atoms with van der Waals surface area (Å²) >= 11 is 0.679. The van der Waals surface area contributed by atoms with E-state index in [1.807, 2.05) is 0 Å². The average Bonchev–Trinajstić information content (AvgIpc) is 1.41. The van der Waals surface area contributed by atoms with E-state index in [0.717, 1.165) is 0 Å². The first-order valence-electron chi connectivity index (χ1n) is 0.977. The van der Waals surface area contributed by atoms with E-state index in [0.29, 0.717) is 12.2 Å². The van der Waals surface area contributed by atoms with Crippen LogP contribution in [-0.4, -0.2) is 7.11 Å². The summed E-state index contributed by atoms with van der Waals surface area (Å²) < 4.78 is 4.03. The van der Waals surface area contributed by atoms with Crippen molar-refractivity contribution in [1.29, 1.82) is 0 Å². The molecule has 5 heavy (non-hydrogen) atoms. The van der Waals surface area contributed by atoms with Crippen molar-refractivity contribution in [1.82, 2.24) is 0 Å². The molecular weight excluding hydrogens is 90.1 g/mol. The summed E-state index contributed by atoms with van der Waals surface area (Å²) in [6.45, 7) is 0. The lowest BCUT2D eigenvalue weighted by atomic mass is 11.8. The molecule has 0 bridgehead atoms. The first kappa shape index (κ1) is 5.23. The number of nitrogens with two attached hydrogens (primary N) is 1. The third kappa shape index (κ3) is 4.23. The van der Waals surface area contributed by atoms with Gasteiger partial charge in [0.25, 0.3) is 0 Å². The third-order valence-electron chi connectivity index (χ3n) is 0.107. The predicted molar refractivity (Wildman–Crippen MR) is 19.9 cm³/mol. The zero-order chi connectivity index (χ0) is 4.12. The van der Waals surface area contributed by atoms with Crippen molar-refractivity contribution in [3.63, 3.8) is 0 Å². The molecule has 0 saturated carbocycles. The van der Waals surface area contributed by atoms with Crippen molar-refractivity contribution in [2.45, 2.75) is 0 Å². The fourth-order valence-corrected chi connectivity index (χ4v) is 0.118. The van der Waals surface area contributed by atoms with E-state index in [1.165, 1.54) is 7.11 Å². The Hall–Kier alpha value is 0.230. The molecule has 3 nitrogen and oxygen atoms in total. The lowest BCUT2D eigenvalue weighted by Gasteiger charge is -1.83. The van der Waals surface area contributed by atoms with Crippen LogP contribution in [0.2, 0.25) is 0 Å². The summed E-state index contributed by atoms with van der Waals surface area (Å²) in [7, 11) is 1.39. The average molecular weight is 95.1 g/mol. The van der Waals surface area contributed by atoms with Gasteiger partial charge in [-0.2, -0.15) is 0 Å². The molecule has 0 amide bonds. The van der Waals surface area contributed by atoms with Gasteiger partial charge in [0.05, 0.1) is 7.11 Å². The van der Waals surface area contributed by atoms with Gasteiger partial charge in [-0.3, -0.25) is 5.14 Å². The van der Waals surface area contributed by atoms with Gasteiger partial charge < -0.3 is 0 Å². The molecule has 0 atom stereocenters. The summed E-state index contributed by atoms with van der Waals surface area (Å²) in [6, 6.07) is 0. The third-order valence-corrected chi connectivity index (χ3v) is 0.322. The molecule has 4 heteroatoms. The highest BCUT2D eigenvalue weighted by Gasteiger charge is 1.65. The van der Waals surface area contributed by atoms with Crippen LogP contribution in [0.5, 0.6) is 0 Å². The summed E-state index contributed by atoms with van der Waals surface area (Å²) in [6.07, 6.45) is 0. The Bertz CT molecular complexity index is 17.1. The van der Waals surface area contributed by atoms with Crippen molar-refractivity contribution in [3.05, 3.63) is 0 Å². The van der Waals surface area contributed by atoms with Crippen molar-refractivity contribution in [2.75, 3.05) is 7.11 Å². The molecule has 0 radical (unpaired) electrons. The van der Waals surface area contributed by atoms with Gasteiger partial charge in [-0.15, -0.1) is 4.33 Å². The molecule has 0 aromatic rings. The first-order chi connectivity index (χ1) is 2.41. The van der Waals surface area contributed by atoms with E-state index >= 15 is 0 Å². The molecule has 0 heterocycles. The second kappa shape index (κ2) is 4.23. The lowest BCUT2D eigenvalue weighted by Crippen LogP contribution is -1.81. The molecule has 0 spiro atoms. The van der Waals surface area contributed by atoms with E-state index < -0.39 is 0 Å². The van der Waals surface area contributed by atoms with Crippen LogP contribution < -0.4 is 5.14 Å². The highest BCUT2D eigenvalue weighted by atomic mass is 32.2. The summed E-state index contributed by atoms with van der Waals surface area (Å²) in [5, 5.41) is 4.71. The van der Waals surface area contributed by atoms with Gasteiger partial charge in [-0.1, -0.05) is 0 Å². The SMILES string of the molecule is COOSN. The molecule has 32 valence electrons. The minimum Gasteiger partial charge on any atom is -0.251 e. The summed E-state index contributed by atoms with van der Waals surface area (Å²) in [4.78, 5) is 4.03. The zero-order valence-electron chi connectivity index (χ0n) is 2.80. The molecule has 0 aliphatic carbocycles. The maximum atomic E-state index is 4.71. The Balaban J connectivity index is 2.19. The van der Waals surface area contributed by atoms with Gasteiger partial charge in [0, 0.05) is 0 Å². The fourth-order valence-electron chi connectivity index (χ4n) is 0.0393. The van der Waals surface area contributed by atoms with E-state index in [9.17, 15) is 0 Å². The Labute approximate surface area is 34.7 Å². The van der Waals surface area contributed by atoms with Crippen molar-refractivity contribution in [3.8, 4) is 0 Å². The summed E-state index contributed by atoms with van der Waals surface area (Å²) in [5.74, 6) is 0. The van der Waals surface area contributed by atoms with Gasteiger partial charge in [0.1, 0.15) is 12.2 Å². The Morgan fingerprint density at radius 3 is 2.40 bits per heavy atom. The van der Waals surface area contributed by atoms with Crippen LogP contribution in [0, 0.1) is 0 Å². The standard InChI is InChI=1S/CH5NO2S/c1-3-4-5-2/h2H2,1H3. The molecule has 0 aliphatic heterocycles. The maximum absolute atomic E-state index is 4.71. The molecule has 0 aromatic carbocycles. The Morgan fingerprint density at radius 1 is 1.80 bits per heavy atom. The van der Waals surface area contributed by atoms with E-state index in [4.69, 9.17) is 5.14 Å². The van der Waals surface area contributed by atoms with Gasteiger partial charge in [-0.05, 0) is 0 Å². The van der Waals surface area contributed by atoms with Gasteiger partial charge in [0.15, 0.2) is 0 Å². The van der Waals surface area contributed by atoms with Crippen LogP contribution >= 0.6 is 12.2 Å². The van der Waals surface area contributed by atoms with Gasteiger partial charge in [0.2, 0.25) is 0 Å². The van der Waals surface area contributed by atoms with Crippen molar-refractivity contribution < 1.29 is 9.22 Å². The van der Waals surface area contributed by atoms with E-state index in [1.54, 1.807) is 0 Å². The first-order valence-corrected chi connectivity index (χ1v) is 1.78. The minimum absolute atomic E-state index is 0.679. The normalized spacial score (nSPS) is 8.40. The molecule has 0 aromatic heterocycles. The lowest BCUT2D eigenvalue weighted by molar-refractivity contribution is -0.160. The van der Waals surface area contributed by atoms with Crippen LogP contribution in [0.25, 0.3) is 0 Å². The number of rotatable bonds is 2. The summed E-state index contributed by atoms with van der Waals surface area (Å²) in [5.41, 5.74) is 0. The maximum Gasteiger partial charge on any atom is 0.115 e. The Kier molecular flexibility index (Phi) is 4.42. The monoisotopic (exact) mass is 95.0 g/mol. The van der Waals surface area contributed by atoms with Crippen LogP contribution in [-0.2, 0) is 9.22 Å². The van der Waals surface area contributed by atoms with Crippen LogP contribution in [0.4, 0.5) is 0 Å². The largest absolute Gasteiger partial charge is 0.251 e. The molecule has 0 aliphatic rings. The minimum atomic E-state index is 0.679.